The third kappa shape index (κ3) is 2.45. The lowest BCUT2D eigenvalue weighted by molar-refractivity contribution is 0.340. The minimum atomic E-state index is 0.660. The van der Waals surface area contributed by atoms with Crippen LogP contribution in [0.1, 0.15) is 18.2 Å². The van der Waals surface area contributed by atoms with Gasteiger partial charge in [0.25, 0.3) is 0 Å². The van der Waals surface area contributed by atoms with Gasteiger partial charge in [0, 0.05) is 29.7 Å². The van der Waals surface area contributed by atoms with E-state index in [1.54, 1.807) is 0 Å². The van der Waals surface area contributed by atoms with Gasteiger partial charge in [0.15, 0.2) is 5.82 Å². The molecule has 0 aliphatic carbocycles. The number of benzene rings is 1. The van der Waals surface area contributed by atoms with Crippen LogP contribution in [0.2, 0.25) is 0 Å². The summed E-state index contributed by atoms with van der Waals surface area (Å²) in [5.41, 5.74) is 3.38. The monoisotopic (exact) mass is 287 g/mol. The Kier molecular flexibility index (Phi) is 3.78. The second-order valence-corrected chi connectivity index (χ2v) is 5.51. The Morgan fingerprint density at radius 3 is 3.00 bits per heavy atom. The largest absolute Gasteiger partial charge is 0.494 e. The molecule has 0 saturated heterocycles. The molecule has 4 nitrogen and oxygen atoms in total. The van der Waals surface area contributed by atoms with E-state index < -0.39 is 0 Å². The molecule has 2 aromatic rings. The molecule has 1 N–H and O–H groups in total. The Morgan fingerprint density at radius 1 is 1.30 bits per heavy atom. The molecule has 0 amide bonds. The zero-order valence-electron chi connectivity index (χ0n) is 11.6. The SMILES string of the molecule is CCOc1cccc(-c2nc3c(c(NC)n2)CSC3)c1. The van der Waals surface area contributed by atoms with Crippen LogP contribution in [0.15, 0.2) is 24.3 Å². The second-order valence-electron chi connectivity index (χ2n) is 4.52. The minimum absolute atomic E-state index is 0.660. The maximum absolute atomic E-state index is 5.54. The molecule has 1 aromatic heterocycles. The van der Waals surface area contributed by atoms with E-state index in [1.165, 1.54) is 5.56 Å². The molecule has 0 saturated carbocycles. The van der Waals surface area contributed by atoms with Gasteiger partial charge in [-0.1, -0.05) is 12.1 Å². The van der Waals surface area contributed by atoms with Gasteiger partial charge in [-0.3, -0.25) is 0 Å². The fourth-order valence-corrected chi connectivity index (χ4v) is 3.32. The molecule has 3 rings (SSSR count). The van der Waals surface area contributed by atoms with Crippen molar-refractivity contribution in [2.45, 2.75) is 18.4 Å². The van der Waals surface area contributed by atoms with Crippen LogP contribution in [0.3, 0.4) is 0 Å². The van der Waals surface area contributed by atoms with Gasteiger partial charge in [0.05, 0.1) is 12.3 Å². The van der Waals surface area contributed by atoms with E-state index in [0.717, 1.165) is 40.2 Å². The molecule has 0 fully saturated rings. The van der Waals surface area contributed by atoms with Crippen molar-refractivity contribution in [1.29, 1.82) is 0 Å². The lowest BCUT2D eigenvalue weighted by Crippen LogP contribution is -2.03. The lowest BCUT2D eigenvalue weighted by atomic mass is 10.1. The van der Waals surface area contributed by atoms with E-state index in [0.29, 0.717) is 6.61 Å². The van der Waals surface area contributed by atoms with Crippen LogP contribution in [0.25, 0.3) is 11.4 Å². The summed E-state index contributed by atoms with van der Waals surface area (Å²) in [4.78, 5) is 9.35. The van der Waals surface area contributed by atoms with Gasteiger partial charge >= 0.3 is 0 Å². The molecule has 104 valence electrons. The molecule has 5 heteroatoms. The highest BCUT2D eigenvalue weighted by Crippen LogP contribution is 2.34. The van der Waals surface area contributed by atoms with Crippen LogP contribution < -0.4 is 10.1 Å². The summed E-state index contributed by atoms with van der Waals surface area (Å²) in [6.07, 6.45) is 0. The molecule has 1 aromatic carbocycles. The number of rotatable bonds is 4. The normalized spacial score (nSPS) is 13.1. The Labute approximate surface area is 123 Å². The smallest absolute Gasteiger partial charge is 0.161 e. The molecular formula is C15H17N3OS. The average Bonchev–Trinajstić information content (AvgIpc) is 2.95. The van der Waals surface area contributed by atoms with E-state index in [4.69, 9.17) is 9.72 Å². The van der Waals surface area contributed by atoms with Crippen molar-refractivity contribution in [3.8, 4) is 17.1 Å². The van der Waals surface area contributed by atoms with Crippen LogP contribution in [-0.2, 0) is 11.5 Å². The van der Waals surface area contributed by atoms with Crippen LogP contribution in [-0.4, -0.2) is 23.6 Å². The lowest BCUT2D eigenvalue weighted by Gasteiger charge is -2.10. The first-order valence-electron chi connectivity index (χ1n) is 6.70. The molecule has 20 heavy (non-hydrogen) atoms. The molecule has 1 aliphatic rings. The van der Waals surface area contributed by atoms with Crippen LogP contribution >= 0.6 is 11.8 Å². The van der Waals surface area contributed by atoms with Crippen molar-refractivity contribution < 1.29 is 4.74 Å². The Morgan fingerprint density at radius 2 is 2.20 bits per heavy atom. The fourth-order valence-electron chi connectivity index (χ4n) is 2.28. The van der Waals surface area contributed by atoms with E-state index in [2.05, 4.69) is 10.3 Å². The van der Waals surface area contributed by atoms with Crippen molar-refractivity contribution in [3.63, 3.8) is 0 Å². The summed E-state index contributed by atoms with van der Waals surface area (Å²) in [6.45, 7) is 2.64. The summed E-state index contributed by atoms with van der Waals surface area (Å²) < 4.78 is 5.54. The van der Waals surface area contributed by atoms with Crippen molar-refractivity contribution in [1.82, 2.24) is 9.97 Å². The molecule has 0 radical (unpaired) electrons. The molecule has 0 spiro atoms. The summed E-state index contributed by atoms with van der Waals surface area (Å²) in [5.74, 6) is 4.51. The van der Waals surface area contributed by atoms with E-state index >= 15 is 0 Å². The number of nitrogens with zero attached hydrogens (tertiary/aromatic N) is 2. The van der Waals surface area contributed by atoms with Gasteiger partial charge in [-0.15, -0.1) is 0 Å². The van der Waals surface area contributed by atoms with Crippen molar-refractivity contribution in [2.75, 3.05) is 19.0 Å². The average molecular weight is 287 g/mol. The molecule has 0 bridgehead atoms. The summed E-state index contributed by atoms with van der Waals surface area (Å²) in [6, 6.07) is 7.94. The zero-order chi connectivity index (χ0) is 13.9. The van der Waals surface area contributed by atoms with Crippen molar-refractivity contribution >= 4 is 17.6 Å². The van der Waals surface area contributed by atoms with Crippen LogP contribution in [0.5, 0.6) is 5.75 Å². The third-order valence-corrected chi connectivity index (χ3v) is 4.19. The van der Waals surface area contributed by atoms with Gasteiger partial charge in [0.2, 0.25) is 0 Å². The Balaban J connectivity index is 2.04. The predicted molar refractivity (Wildman–Crippen MR) is 83.2 cm³/mol. The zero-order valence-corrected chi connectivity index (χ0v) is 12.5. The standard InChI is InChI=1S/C15H17N3OS/c1-3-19-11-6-4-5-10(7-11)14-17-13-9-20-8-12(13)15(16-2)18-14/h4-7H,3,8-9H2,1-2H3,(H,16,17,18). The number of thioether (sulfide) groups is 1. The Hall–Kier alpha value is -1.75. The molecule has 1 aliphatic heterocycles. The molecular weight excluding hydrogens is 270 g/mol. The quantitative estimate of drug-likeness (QED) is 0.934. The maximum Gasteiger partial charge on any atom is 0.161 e. The number of aromatic nitrogens is 2. The van der Waals surface area contributed by atoms with Crippen molar-refractivity contribution in [2.24, 2.45) is 0 Å². The third-order valence-electron chi connectivity index (χ3n) is 3.22. The van der Waals surface area contributed by atoms with E-state index in [1.807, 2.05) is 50.0 Å². The van der Waals surface area contributed by atoms with Gasteiger partial charge in [-0.2, -0.15) is 11.8 Å². The maximum atomic E-state index is 5.54. The predicted octanol–water partition coefficient (Wildman–Crippen LogP) is 3.33. The van der Waals surface area contributed by atoms with Crippen LogP contribution in [0, 0.1) is 0 Å². The first kappa shape index (κ1) is 13.2. The first-order chi connectivity index (χ1) is 9.81. The number of hydrogen-bond acceptors (Lipinski definition) is 5. The molecule has 0 atom stereocenters. The minimum Gasteiger partial charge on any atom is -0.494 e. The summed E-state index contributed by atoms with van der Waals surface area (Å²) in [5, 5.41) is 3.18. The summed E-state index contributed by atoms with van der Waals surface area (Å²) in [7, 11) is 1.91. The van der Waals surface area contributed by atoms with Gasteiger partial charge in [-0.25, -0.2) is 9.97 Å². The van der Waals surface area contributed by atoms with E-state index in [9.17, 15) is 0 Å². The topological polar surface area (TPSA) is 47.0 Å². The molecule has 0 unspecified atom stereocenters. The number of nitrogens with one attached hydrogen (secondary N) is 1. The van der Waals surface area contributed by atoms with Gasteiger partial charge in [-0.05, 0) is 19.1 Å². The second kappa shape index (κ2) is 5.71. The number of anilines is 1. The van der Waals surface area contributed by atoms with E-state index in [-0.39, 0.29) is 0 Å². The summed E-state index contributed by atoms with van der Waals surface area (Å²) >= 11 is 1.88. The molecule has 2 heterocycles. The van der Waals surface area contributed by atoms with Gasteiger partial charge in [0.1, 0.15) is 11.6 Å². The number of fused-ring (bicyclic) bond motifs is 1. The fraction of sp³-hybridized carbons (Fsp3) is 0.333. The number of hydrogen-bond donors (Lipinski definition) is 1. The Bertz CT molecular complexity index is 631. The first-order valence-corrected chi connectivity index (χ1v) is 7.85. The van der Waals surface area contributed by atoms with Crippen LogP contribution in [0.4, 0.5) is 5.82 Å². The van der Waals surface area contributed by atoms with Crippen molar-refractivity contribution in [3.05, 3.63) is 35.5 Å². The highest BCUT2D eigenvalue weighted by molar-refractivity contribution is 7.98. The highest BCUT2D eigenvalue weighted by Gasteiger charge is 2.19. The number of ether oxygens (including phenoxy) is 1. The highest BCUT2D eigenvalue weighted by atomic mass is 32.2. The van der Waals surface area contributed by atoms with Gasteiger partial charge < -0.3 is 10.1 Å².